The van der Waals surface area contributed by atoms with Gasteiger partial charge in [0.05, 0.1) is 6.54 Å². The highest BCUT2D eigenvalue weighted by Crippen LogP contribution is 2.49. The first kappa shape index (κ1) is 39.8. The second kappa shape index (κ2) is 16.1. The van der Waals surface area contributed by atoms with Crippen LogP contribution in [0.3, 0.4) is 0 Å². The van der Waals surface area contributed by atoms with Gasteiger partial charge in [-0.2, -0.15) is 0 Å². The second-order valence-electron chi connectivity index (χ2n) is 18.0. The highest BCUT2D eigenvalue weighted by molar-refractivity contribution is 7.26. The fraction of sp³-hybridized carbons (Fsp3) is 0.0794. The number of amidine groups is 1. The van der Waals surface area contributed by atoms with E-state index in [0.717, 1.165) is 28.1 Å². The van der Waals surface area contributed by atoms with Crippen LogP contribution in [0.25, 0.3) is 86.2 Å². The van der Waals surface area contributed by atoms with Gasteiger partial charge in [0.2, 0.25) is 0 Å². The van der Waals surface area contributed by atoms with Gasteiger partial charge in [0.15, 0.2) is 5.84 Å². The average Bonchev–Trinajstić information content (AvgIpc) is 3.87. The summed E-state index contributed by atoms with van der Waals surface area (Å²) in [5.41, 5.74) is 16.8. The van der Waals surface area contributed by atoms with Crippen LogP contribution in [-0.2, 0) is 12.0 Å². The molecule has 1 aromatic heterocycles. The molecule has 0 spiro atoms. The van der Waals surface area contributed by atoms with Crippen LogP contribution in [0.15, 0.2) is 222 Å². The highest BCUT2D eigenvalue weighted by Gasteiger charge is 2.35. The van der Waals surface area contributed by atoms with E-state index in [1.807, 2.05) is 11.3 Å². The molecule has 12 rings (SSSR count). The van der Waals surface area contributed by atoms with Crippen LogP contribution in [0.4, 0.5) is 0 Å². The zero-order chi connectivity index (χ0) is 44.4. The molecule has 66 heavy (non-hydrogen) atoms. The average molecular weight is 863 g/mol. The Morgan fingerprint density at radius 1 is 0.455 bits per heavy atom. The van der Waals surface area contributed by atoms with Gasteiger partial charge in [0.25, 0.3) is 0 Å². The molecule has 0 unspecified atom stereocenters. The number of benzene rings is 10. The minimum atomic E-state index is -0.0907. The molecule has 3 heteroatoms. The Balaban J connectivity index is 1.02. The molecular formula is C63H46N2S. The van der Waals surface area contributed by atoms with Gasteiger partial charge in [-0.15, -0.1) is 11.3 Å². The van der Waals surface area contributed by atoms with Crippen LogP contribution in [0, 0.1) is 0 Å². The van der Waals surface area contributed by atoms with E-state index in [0.29, 0.717) is 6.54 Å². The van der Waals surface area contributed by atoms with Gasteiger partial charge in [0.1, 0.15) is 0 Å². The summed E-state index contributed by atoms with van der Waals surface area (Å²) < 4.78 is 2.51. The molecule has 0 fully saturated rings. The Kier molecular flexibility index (Phi) is 9.70. The van der Waals surface area contributed by atoms with Gasteiger partial charge >= 0.3 is 0 Å². The second-order valence-corrected chi connectivity index (χ2v) is 19.1. The van der Waals surface area contributed by atoms with E-state index in [9.17, 15) is 0 Å². The number of hydrogen-bond donors (Lipinski definition) is 0. The fourth-order valence-corrected chi connectivity index (χ4v) is 11.7. The lowest BCUT2D eigenvalue weighted by molar-refractivity contribution is 0.659. The smallest absolute Gasteiger partial charge is 0.155 e. The molecule has 1 heterocycles. The molecule has 0 saturated heterocycles. The molecule has 11 aromatic rings. The number of aliphatic imine (C=N–C) groups is 2. The van der Waals surface area contributed by atoms with E-state index < -0.39 is 0 Å². The summed E-state index contributed by atoms with van der Waals surface area (Å²) in [7, 11) is 0. The monoisotopic (exact) mass is 862 g/mol. The van der Waals surface area contributed by atoms with Crippen LogP contribution in [0.5, 0.6) is 0 Å². The standard InChI is InChI=1S/C63H46N2S/c1-40(42-30-32-44(33-31-42)43-17-6-4-7-18-43)65-62(64-39-41-29-34-52-51-24-14-15-28-57(51)63(2,3)58(52)37-41)56-38-59-60(53-25-13-12-23-49(53)56)55-27-16-26-54(61(55)66-59)50-36-35-46(45-19-8-5-9-20-45)47-21-10-11-22-48(47)50/h4-38H,39H2,1-3H3. The maximum atomic E-state index is 5.49. The predicted octanol–water partition coefficient (Wildman–Crippen LogP) is 17.1. The SMILES string of the molecule is CC(=NC(=NCc1ccc2c(c1)C(C)(C)c1ccccc1-2)c1cc2sc3c(-c4ccc(-c5ccccc5)c5ccccc45)cccc3c2c2ccccc12)c1ccc(-c2ccccc2)cc1. The summed E-state index contributed by atoms with van der Waals surface area (Å²) in [6.45, 7) is 7.30. The fourth-order valence-electron chi connectivity index (χ4n) is 10.4. The topological polar surface area (TPSA) is 24.7 Å². The summed E-state index contributed by atoms with van der Waals surface area (Å²) in [4.78, 5) is 11.0. The van der Waals surface area contributed by atoms with Crippen LogP contribution in [0.2, 0.25) is 0 Å². The number of thiophene rings is 1. The van der Waals surface area contributed by atoms with Crippen molar-refractivity contribution in [2.24, 2.45) is 9.98 Å². The third-order valence-corrected chi connectivity index (χ3v) is 15.0. The minimum Gasteiger partial charge on any atom is -0.261 e. The first-order chi connectivity index (χ1) is 32.4. The zero-order valence-electron chi connectivity index (χ0n) is 37.2. The van der Waals surface area contributed by atoms with Gasteiger partial charge in [-0.25, -0.2) is 4.99 Å². The van der Waals surface area contributed by atoms with Crippen molar-refractivity contribution in [1.29, 1.82) is 0 Å². The van der Waals surface area contributed by atoms with Crippen molar-refractivity contribution in [1.82, 2.24) is 0 Å². The lowest BCUT2D eigenvalue weighted by atomic mass is 9.82. The van der Waals surface area contributed by atoms with Crippen molar-refractivity contribution in [2.45, 2.75) is 32.7 Å². The van der Waals surface area contributed by atoms with Crippen molar-refractivity contribution in [3.8, 4) is 44.5 Å². The molecular weight excluding hydrogens is 817 g/mol. The number of rotatable bonds is 7. The Bertz CT molecular complexity index is 3740. The minimum absolute atomic E-state index is 0.0907. The number of hydrogen-bond acceptors (Lipinski definition) is 2. The molecule has 0 bridgehead atoms. The van der Waals surface area contributed by atoms with Gasteiger partial charge in [-0.1, -0.05) is 220 Å². The third kappa shape index (κ3) is 6.69. The summed E-state index contributed by atoms with van der Waals surface area (Å²) in [5.74, 6) is 0.737. The Morgan fingerprint density at radius 2 is 1.03 bits per heavy atom. The molecule has 0 radical (unpaired) electrons. The van der Waals surface area contributed by atoms with Gasteiger partial charge in [-0.3, -0.25) is 4.99 Å². The Labute approximate surface area is 389 Å². The predicted molar refractivity (Wildman–Crippen MR) is 284 cm³/mol. The molecule has 0 atom stereocenters. The Morgan fingerprint density at radius 3 is 1.80 bits per heavy atom. The molecule has 314 valence electrons. The first-order valence-corrected chi connectivity index (χ1v) is 23.7. The van der Waals surface area contributed by atoms with Crippen molar-refractivity contribution >= 4 is 64.6 Å². The van der Waals surface area contributed by atoms with E-state index in [4.69, 9.17) is 9.98 Å². The van der Waals surface area contributed by atoms with Crippen LogP contribution >= 0.6 is 11.3 Å². The van der Waals surface area contributed by atoms with Gasteiger partial charge in [-0.05, 0) is 95.7 Å². The van der Waals surface area contributed by atoms with Crippen molar-refractivity contribution in [3.05, 3.63) is 240 Å². The van der Waals surface area contributed by atoms with Crippen molar-refractivity contribution in [2.75, 3.05) is 0 Å². The van der Waals surface area contributed by atoms with Crippen molar-refractivity contribution in [3.63, 3.8) is 0 Å². The van der Waals surface area contributed by atoms with Crippen LogP contribution in [0.1, 0.15) is 48.6 Å². The molecule has 0 N–H and O–H groups in total. The summed E-state index contributed by atoms with van der Waals surface area (Å²) in [5, 5.41) is 7.41. The molecule has 1 aliphatic carbocycles. The number of fused-ring (bicyclic) bond motifs is 9. The number of nitrogens with zero attached hydrogens (tertiary/aromatic N) is 2. The van der Waals surface area contributed by atoms with Crippen LogP contribution in [-0.4, -0.2) is 11.5 Å². The van der Waals surface area contributed by atoms with Crippen LogP contribution < -0.4 is 0 Å². The maximum Gasteiger partial charge on any atom is 0.155 e. The largest absolute Gasteiger partial charge is 0.261 e. The molecule has 2 nitrogen and oxygen atoms in total. The van der Waals surface area contributed by atoms with E-state index in [1.165, 1.54) is 97.5 Å². The highest BCUT2D eigenvalue weighted by atomic mass is 32.1. The molecule has 0 saturated carbocycles. The van der Waals surface area contributed by atoms with E-state index >= 15 is 0 Å². The molecule has 1 aliphatic rings. The maximum absolute atomic E-state index is 5.49. The lowest BCUT2D eigenvalue weighted by Crippen LogP contribution is -2.15. The van der Waals surface area contributed by atoms with E-state index in [-0.39, 0.29) is 5.41 Å². The zero-order valence-corrected chi connectivity index (χ0v) is 38.0. The Hall–Kier alpha value is -7.72. The third-order valence-electron chi connectivity index (χ3n) is 13.8. The molecule has 10 aromatic carbocycles. The normalized spacial score (nSPS) is 13.4. The lowest BCUT2D eigenvalue weighted by Gasteiger charge is -2.21. The summed E-state index contributed by atoms with van der Waals surface area (Å²) in [6, 6.07) is 77.3. The van der Waals surface area contributed by atoms with Gasteiger partial charge in [0, 0.05) is 42.4 Å². The first-order valence-electron chi connectivity index (χ1n) is 22.8. The van der Waals surface area contributed by atoms with E-state index in [1.54, 1.807) is 0 Å². The summed E-state index contributed by atoms with van der Waals surface area (Å²) >= 11 is 1.87. The molecule has 0 amide bonds. The van der Waals surface area contributed by atoms with E-state index in [2.05, 4.69) is 233 Å². The summed E-state index contributed by atoms with van der Waals surface area (Å²) in [6.07, 6.45) is 0. The molecule has 0 aliphatic heterocycles. The van der Waals surface area contributed by atoms with Gasteiger partial charge < -0.3 is 0 Å². The van der Waals surface area contributed by atoms with Crippen molar-refractivity contribution < 1.29 is 0 Å². The quantitative estimate of drug-likeness (QED) is 0.113.